The number of carbonyl (C=O) groups is 1. The van der Waals surface area contributed by atoms with Crippen LogP contribution in [0.5, 0.6) is 0 Å². The molecule has 0 radical (unpaired) electrons. The van der Waals surface area contributed by atoms with Crippen LogP contribution in [-0.4, -0.2) is 24.2 Å². The van der Waals surface area contributed by atoms with Crippen molar-refractivity contribution in [2.24, 2.45) is 0 Å². The van der Waals surface area contributed by atoms with Crippen molar-refractivity contribution in [2.75, 3.05) is 13.2 Å². The van der Waals surface area contributed by atoms with E-state index in [9.17, 15) is 4.79 Å². The smallest absolute Gasteiger partial charge is 0.220 e. The summed E-state index contributed by atoms with van der Waals surface area (Å²) in [5.41, 5.74) is 0. The lowest BCUT2D eigenvalue weighted by atomic mass is 10.2. The number of unbranched alkanes of at least 4 members (excludes halogenated alkanes) is 1. The van der Waals surface area contributed by atoms with E-state index in [4.69, 9.17) is 5.11 Å². The van der Waals surface area contributed by atoms with Gasteiger partial charge in [-0.05, 0) is 12.8 Å². The SMILES string of the molecule is C=CCNC(=O)CCCCO. The van der Waals surface area contributed by atoms with E-state index < -0.39 is 0 Å². The molecule has 0 heterocycles. The maximum Gasteiger partial charge on any atom is 0.220 e. The van der Waals surface area contributed by atoms with Gasteiger partial charge in [0.25, 0.3) is 0 Å². The van der Waals surface area contributed by atoms with Gasteiger partial charge in [-0.2, -0.15) is 0 Å². The van der Waals surface area contributed by atoms with Crippen LogP contribution in [0.15, 0.2) is 12.7 Å². The summed E-state index contributed by atoms with van der Waals surface area (Å²) < 4.78 is 0. The van der Waals surface area contributed by atoms with Crippen LogP contribution in [0.4, 0.5) is 0 Å². The molecule has 64 valence electrons. The summed E-state index contributed by atoms with van der Waals surface area (Å²) in [6.07, 6.45) is 3.58. The Morgan fingerprint density at radius 2 is 2.27 bits per heavy atom. The van der Waals surface area contributed by atoms with Gasteiger partial charge >= 0.3 is 0 Å². The largest absolute Gasteiger partial charge is 0.396 e. The van der Waals surface area contributed by atoms with Gasteiger partial charge in [-0.1, -0.05) is 6.08 Å². The first kappa shape index (κ1) is 10.2. The van der Waals surface area contributed by atoms with Crippen molar-refractivity contribution in [1.82, 2.24) is 5.32 Å². The van der Waals surface area contributed by atoms with Crippen LogP contribution in [0.1, 0.15) is 19.3 Å². The number of hydrogen-bond donors (Lipinski definition) is 2. The summed E-state index contributed by atoms with van der Waals surface area (Å²) in [6.45, 7) is 4.16. The second-order valence-corrected chi connectivity index (χ2v) is 2.27. The highest BCUT2D eigenvalue weighted by Gasteiger charge is 1.97. The number of hydrogen-bond acceptors (Lipinski definition) is 2. The molecule has 0 bridgehead atoms. The van der Waals surface area contributed by atoms with Gasteiger partial charge in [0.05, 0.1) is 0 Å². The zero-order chi connectivity index (χ0) is 8.53. The van der Waals surface area contributed by atoms with Crippen molar-refractivity contribution in [1.29, 1.82) is 0 Å². The Morgan fingerprint density at radius 1 is 1.55 bits per heavy atom. The molecule has 0 spiro atoms. The minimum atomic E-state index is 0.0263. The summed E-state index contributed by atoms with van der Waals surface area (Å²) in [5, 5.41) is 11.1. The van der Waals surface area contributed by atoms with Gasteiger partial charge in [0.2, 0.25) is 5.91 Å². The molecule has 0 saturated carbocycles. The summed E-state index contributed by atoms with van der Waals surface area (Å²) in [6, 6.07) is 0. The summed E-state index contributed by atoms with van der Waals surface area (Å²) in [7, 11) is 0. The third-order valence-corrected chi connectivity index (χ3v) is 1.26. The van der Waals surface area contributed by atoms with Gasteiger partial charge in [-0.3, -0.25) is 4.79 Å². The molecule has 1 amide bonds. The van der Waals surface area contributed by atoms with Crippen LogP contribution < -0.4 is 5.32 Å². The van der Waals surface area contributed by atoms with E-state index in [0.717, 1.165) is 6.42 Å². The van der Waals surface area contributed by atoms with E-state index in [0.29, 0.717) is 19.4 Å². The van der Waals surface area contributed by atoms with Crippen molar-refractivity contribution in [2.45, 2.75) is 19.3 Å². The van der Waals surface area contributed by atoms with E-state index >= 15 is 0 Å². The summed E-state index contributed by atoms with van der Waals surface area (Å²) >= 11 is 0. The Kier molecular flexibility index (Phi) is 6.73. The molecule has 0 aliphatic rings. The molecule has 0 saturated heterocycles. The van der Waals surface area contributed by atoms with E-state index in [-0.39, 0.29) is 12.5 Å². The fraction of sp³-hybridized carbons (Fsp3) is 0.625. The lowest BCUT2D eigenvalue weighted by molar-refractivity contribution is -0.121. The average Bonchev–Trinajstić information content (AvgIpc) is 2.01. The normalized spacial score (nSPS) is 9.18. The monoisotopic (exact) mass is 157 g/mol. The van der Waals surface area contributed by atoms with Crippen LogP contribution in [-0.2, 0) is 4.79 Å². The Hall–Kier alpha value is -0.830. The fourth-order valence-corrected chi connectivity index (χ4v) is 0.672. The van der Waals surface area contributed by atoms with Crippen molar-refractivity contribution in [3.05, 3.63) is 12.7 Å². The zero-order valence-corrected chi connectivity index (χ0v) is 6.68. The third-order valence-electron chi connectivity index (χ3n) is 1.26. The first-order valence-corrected chi connectivity index (χ1v) is 3.79. The van der Waals surface area contributed by atoms with Gasteiger partial charge < -0.3 is 10.4 Å². The molecule has 0 rings (SSSR count). The zero-order valence-electron chi connectivity index (χ0n) is 6.68. The maximum absolute atomic E-state index is 10.8. The summed E-state index contributed by atoms with van der Waals surface area (Å²) in [5.74, 6) is 0.0263. The molecule has 3 nitrogen and oxygen atoms in total. The van der Waals surface area contributed by atoms with Crippen molar-refractivity contribution in [3.63, 3.8) is 0 Å². The van der Waals surface area contributed by atoms with Crippen molar-refractivity contribution < 1.29 is 9.90 Å². The molecule has 0 fully saturated rings. The predicted molar refractivity (Wildman–Crippen MR) is 44.1 cm³/mol. The number of nitrogens with one attached hydrogen (secondary N) is 1. The highest BCUT2D eigenvalue weighted by Crippen LogP contribution is 1.92. The molecule has 0 aliphatic carbocycles. The van der Waals surface area contributed by atoms with Gasteiger partial charge in [0.15, 0.2) is 0 Å². The number of rotatable bonds is 6. The molecule has 0 atom stereocenters. The highest BCUT2D eigenvalue weighted by molar-refractivity contribution is 5.75. The van der Waals surface area contributed by atoms with E-state index in [2.05, 4.69) is 11.9 Å². The first-order chi connectivity index (χ1) is 5.31. The topological polar surface area (TPSA) is 49.3 Å². The summed E-state index contributed by atoms with van der Waals surface area (Å²) in [4.78, 5) is 10.8. The molecule has 0 aromatic rings. The first-order valence-electron chi connectivity index (χ1n) is 3.79. The Labute approximate surface area is 67.1 Å². The van der Waals surface area contributed by atoms with Crippen molar-refractivity contribution >= 4 is 5.91 Å². The Bertz CT molecular complexity index is 123. The van der Waals surface area contributed by atoms with Crippen LogP contribution >= 0.6 is 0 Å². The molecule has 11 heavy (non-hydrogen) atoms. The molecule has 3 heteroatoms. The molecular formula is C8H15NO2. The van der Waals surface area contributed by atoms with Crippen LogP contribution in [0, 0.1) is 0 Å². The molecule has 0 aliphatic heterocycles. The lowest BCUT2D eigenvalue weighted by Crippen LogP contribution is -2.22. The standard InChI is InChI=1S/C8H15NO2/c1-2-6-9-8(11)5-3-4-7-10/h2,10H,1,3-7H2,(H,9,11). The van der Waals surface area contributed by atoms with E-state index in [1.54, 1.807) is 6.08 Å². The number of amides is 1. The Balaban J connectivity index is 3.15. The Morgan fingerprint density at radius 3 is 2.82 bits per heavy atom. The van der Waals surface area contributed by atoms with Crippen LogP contribution in [0.2, 0.25) is 0 Å². The minimum absolute atomic E-state index is 0.0263. The quantitative estimate of drug-likeness (QED) is 0.434. The minimum Gasteiger partial charge on any atom is -0.396 e. The lowest BCUT2D eigenvalue weighted by Gasteiger charge is -1.99. The number of carbonyl (C=O) groups excluding carboxylic acids is 1. The second kappa shape index (κ2) is 7.28. The highest BCUT2D eigenvalue weighted by atomic mass is 16.2. The van der Waals surface area contributed by atoms with Gasteiger partial charge in [-0.25, -0.2) is 0 Å². The molecule has 0 unspecified atom stereocenters. The second-order valence-electron chi connectivity index (χ2n) is 2.27. The van der Waals surface area contributed by atoms with Crippen LogP contribution in [0.25, 0.3) is 0 Å². The van der Waals surface area contributed by atoms with Crippen LogP contribution in [0.3, 0.4) is 0 Å². The van der Waals surface area contributed by atoms with Gasteiger partial charge in [-0.15, -0.1) is 6.58 Å². The van der Waals surface area contributed by atoms with Gasteiger partial charge in [0, 0.05) is 19.6 Å². The third kappa shape index (κ3) is 7.06. The average molecular weight is 157 g/mol. The van der Waals surface area contributed by atoms with Gasteiger partial charge in [0.1, 0.15) is 0 Å². The maximum atomic E-state index is 10.8. The molecule has 0 aromatic heterocycles. The molecular weight excluding hydrogens is 142 g/mol. The predicted octanol–water partition coefficient (Wildman–Crippen LogP) is 0.451. The molecule has 2 N–H and O–H groups in total. The van der Waals surface area contributed by atoms with Crippen molar-refractivity contribution in [3.8, 4) is 0 Å². The number of aliphatic hydroxyl groups excluding tert-OH is 1. The van der Waals surface area contributed by atoms with E-state index in [1.165, 1.54) is 0 Å². The van der Waals surface area contributed by atoms with E-state index in [1.807, 2.05) is 0 Å². The fourth-order valence-electron chi connectivity index (χ4n) is 0.672. The molecule has 0 aromatic carbocycles. The number of aliphatic hydroxyl groups is 1.